The molecule has 1 N–H and O–H groups in total. The smallest absolute Gasteiger partial charge is 0.0771 e. The van der Waals surface area contributed by atoms with Crippen LogP contribution in [-0.4, -0.2) is 29.0 Å². The molecule has 0 spiro atoms. The Labute approximate surface area is 110 Å². The molecule has 1 aliphatic rings. The van der Waals surface area contributed by atoms with Crippen molar-refractivity contribution in [1.29, 1.82) is 0 Å². The lowest BCUT2D eigenvalue weighted by Gasteiger charge is -2.14. The van der Waals surface area contributed by atoms with E-state index in [-0.39, 0.29) is 0 Å². The zero-order valence-corrected chi connectivity index (χ0v) is 12.0. The second-order valence-corrected chi connectivity index (χ2v) is 5.18. The molecule has 1 saturated heterocycles. The van der Waals surface area contributed by atoms with Crippen molar-refractivity contribution in [3.05, 3.63) is 17.0 Å². The Hall–Kier alpha value is -0.870. The maximum Gasteiger partial charge on any atom is 0.0771 e. The Bertz CT molecular complexity index is 394. The first kappa shape index (κ1) is 13.6. The largest absolute Gasteiger partial charge is 0.376 e. The topological polar surface area (TPSA) is 39.1 Å². The summed E-state index contributed by atoms with van der Waals surface area (Å²) >= 11 is 0. The first-order chi connectivity index (χ1) is 8.63. The van der Waals surface area contributed by atoms with Crippen LogP contribution in [0.4, 0.5) is 0 Å². The number of ether oxygens (including phenoxy) is 1. The monoisotopic (exact) mass is 251 g/mol. The summed E-state index contributed by atoms with van der Waals surface area (Å²) in [5.74, 6) is 0. The third-order valence-corrected chi connectivity index (χ3v) is 3.78. The Balaban J connectivity index is 2.14. The third kappa shape index (κ3) is 2.75. The van der Waals surface area contributed by atoms with Gasteiger partial charge in [0.15, 0.2) is 0 Å². The Kier molecular flexibility index (Phi) is 4.40. The summed E-state index contributed by atoms with van der Waals surface area (Å²) in [5.41, 5.74) is 3.75. The van der Waals surface area contributed by atoms with Crippen molar-refractivity contribution in [3.8, 4) is 0 Å². The fourth-order valence-corrected chi connectivity index (χ4v) is 2.90. The van der Waals surface area contributed by atoms with Crippen molar-refractivity contribution in [3.63, 3.8) is 0 Å². The Morgan fingerprint density at radius 2 is 2.28 bits per heavy atom. The molecule has 4 nitrogen and oxygen atoms in total. The second kappa shape index (κ2) is 5.85. The Morgan fingerprint density at radius 3 is 2.89 bits per heavy atom. The third-order valence-electron chi connectivity index (χ3n) is 3.78. The minimum absolute atomic E-state index is 0.352. The molecule has 0 aromatic carbocycles. The molecule has 0 saturated carbocycles. The first-order valence-corrected chi connectivity index (χ1v) is 7.02. The van der Waals surface area contributed by atoms with E-state index >= 15 is 0 Å². The Morgan fingerprint density at radius 1 is 1.50 bits per heavy atom. The van der Waals surface area contributed by atoms with Crippen molar-refractivity contribution >= 4 is 0 Å². The molecule has 0 amide bonds. The molecule has 2 heterocycles. The number of aryl methyl sites for hydroxylation is 1. The van der Waals surface area contributed by atoms with Crippen LogP contribution in [-0.2, 0) is 11.3 Å². The molecule has 4 heteroatoms. The number of rotatable bonds is 5. The summed E-state index contributed by atoms with van der Waals surface area (Å²) in [6.07, 6.45) is 2.70. The van der Waals surface area contributed by atoms with Crippen molar-refractivity contribution in [2.45, 2.75) is 59.2 Å². The lowest BCUT2D eigenvalue weighted by Crippen LogP contribution is -2.20. The lowest BCUT2D eigenvalue weighted by atomic mass is 10.1. The van der Waals surface area contributed by atoms with E-state index in [1.165, 1.54) is 17.7 Å². The first-order valence-electron chi connectivity index (χ1n) is 7.02. The molecule has 102 valence electrons. The number of nitrogens with zero attached hydrogens (tertiary/aromatic N) is 2. The van der Waals surface area contributed by atoms with Gasteiger partial charge in [-0.2, -0.15) is 5.10 Å². The molecule has 2 unspecified atom stereocenters. The van der Waals surface area contributed by atoms with Crippen LogP contribution in [0.15, 0.2) is 0 Å². The minimum atomic E-state index is 0.352. The molecular weight excluding hydrogens is 226 g/mol. The summed E-state index contributed by atoms with van der Waals surface area (Å²) < 4.78 is 7.81. The molecule has 0 radical (unpaired) electrons. The molecule has 2 atom stereocenters. The van der Waals surface area contributed by atoms with Crippen LogP contribution in [0.5, 0.6) is 0 Å². The summed E-state index contributed by atoms with van der Waals surface area (Å²) in [4.78, 5) is 0. The molecular formula is C14H25N3O. The van der Waals surface area contributed by atoms with E-state index in [1.54, 1.807) is 0 Å². The van der Waals surface area contributed by atoms with E-state index < -0.39 is 0 Å². The van der Waals surface area contributed by atoms with Gasteiger partial charge in [-0.25, -0.2) is 0 Å². The van der Waals surface area contributed by atoms with Gasteiger partial charge >= 0.3 is 0 Å². The predicted molar refractivity (Wildman–Crippen MR) is 72.8 cm³/mol. The van der Waals surface area contributed by atoms with Crippen LogP contribution in [0.3, 0.4) is 0 Å². The van der Waals surface area contributed by atoms with Crippen molar-refractivity contribution in [1.82, 2.24) is 15.1 Å². The van der Waals surface area contributed by atoms with Gasteiger partial charge in [0.05, 0.1) is 18.3 Å². The van der Waals surface area contributed by atoms with E-state index in [1.807, 2.05) is 0 Å². The zero-order valence-electron chi connectivity index (χ0n) is 12.0. The van der Waals surface area contributed by atoms with Gasteiger partial charge in [0.1, 0.15) is 0 Å². The van der Waals surface area contributed by atoms with Crippen molar-refractivity contribution in [2.75, 3.05) is 13.2 Å². The molecule has 1 aromatic heterocycles. The molecule has 0 aliphatic carbocycles. The van der Waals surface area contributed by atoms with Gasteiger partial charge in [-0.05, 0) is 40.2 Å². The van der Waals surface area contributed by atoms with Gasteiger partial charge < -0.3 is 10.1 Å². The number of hydrogen-bond acceptors (Lipinski definition) is 3. The second-order valence-electron chi connectivity index (χ2n) is 5.18. The van der Waals surface area contributed by atoms with Gasteiger partial charge in [-0.1, -0.05) is 6.92 Å². The number of aromatic nitrogens is 2. The zero-order chi connectivity index (χ0) is 13.1. The average Bonchev–Trinajstić information content (AvgIpc) is 2.89. The highest BCUT2D eigenvalue weighted by molar-refractivity contribution is 5.27. The van der Waals surface area contributed by atoms with Gasteiger partial charge in [0, 0.05) is 23.9 Å². The highest BCUT2D eigenvalue weighted by Gasteiger charge is 2.21. The summed E-state index contributed by atoms with van der Waals surface area (Å²) in [6, 6.07) is 0.369. The molecule has 1 fully saturated rings. The van der Waals surface area contributed by atoms with Gasteiger partial charge in [0.25, 0.3) is 0 Å². The standard InChI is InChI=1S/C14H25N3O/c1-5-15-10(2)14-11(3)16-17(12(14)4)9-13-7-6-8-18-13/h10,13,15H,5-9H2,1-4H3. The van der Waals surface area contributed by atoms with E-state index in [0.717, 1.165) is 31.8 Å². The molecule has 18 heavy (non-hydrogen) atoms. The minimum Gasteiger partial charge on any atom is -0.376 e. The van der Waals surface area contributed by atoms with E-state index in [9.17, 15) is 0 Å². The molecule has 1 aromatic rings. The van der Waals surface area contributed by atoms with Crippen LogP contribution in [0.25, 0.3) is 0 Å². The van der Waals surface area contributed by atoms with Crippen LogP contribution >= 0.6 is 0 Å². The van der Waals surface area contributed by atoms with Gasteiger partial charge in [0.2, 0.25) is 0 Å². The highest BCUT2D eigenvalue weighted by Crippen LogP contribution is 2.23. The van der Waals surface area contributed by atoms with Crippen molar-refractivity contribution < 1.29 is 4.74 Å². The quantitative estimate of drug-likeness (QED) is 0.873. The molecule has 1 aliphatic heterocycles. The molecule has 0 bridgehead atoms. The van der Waals surface area contributed by atoms with Crippen LogP contribution < -0.4 is 5.32 Å². The summed E-state index contributed by atoms with van der Waals surface area (Å²) in [5, 5.41) is 8.14. The van der Waals surface area contributed by atoms with Crippen molar-refractivity contribution in [2.24, 2.45) is 0 Å². The fourth-order valence-electron chi connectivity index (χ4n) is 2.90. The lowest BCUT2D eigenvalue weighted by molar-refractivity contribution is 0.0933. The predicted octanol–water partition coefficient (Wildman–Crippen LogP) is 2.35. The van der Waals surface area contributed by atoms with E-state index in [4.69, 9.17) is 4.74 Å². The van der Waals surface area contributed by atoms with Crippen LogP contribution in [0.2, 0.25) is 0 Å². The molecule has 2 rings (SSSR count). The van der Waals surface area contributed by atoms with Gasteiger partial charge in [-0.15, -0.1) is 0 Å². The number of nitrogens with one attached hydrogen (secondary N) is 1. The van der Waals surface area contributed by atoms with E-state index in [2.05, 4.69) is 42.8 Å². The maximum absolute atomic E-state index is 5.69. The number of hydrogen-bond donors (Lipinski definition) is 1. The SMILES string of the molecule is CCNC(C)c1c(C)nn(CC2CCCO2)c1C. The maximum atomic E-state index is 5.69. The normalized spacial score (nSPS) is 21.4. The van der Waals surface area contributed by atoms with E-state index in [0.29, 0.717) is 12.1 Å². The summed E-state index contributed by atoms with van der Waals surface area (Å²) in [7, 11) is 0. The van der Waals surface area contributed by atoms with Gasteiger partial charge in [-0.3, -0.25) is 4.68 Å². The van der Waals surface area contributed by atoms with Crippen LogP contribution in [0, 0.1) is 13.8 Å². The fraction of sp³-hybridized carbons (Fsp3) is 0.786. The summed E-state index contributed by atoms with van der Waals surface area (Å²) in [6.45, 7) is 11.4. The average molecular weight is 251 g/mol. The highest BCUT2D eigenvalue weighted by atomic mass is 16.5. The van der Waals surface area contributed by atoms with Crippen LogP contribution in [0.1, 0.15) is 49.7 Å².